The Labute approximate surface area is 108 Å². The van der Waals surface area contributed by atoms with Gasteiger partial charge in [0.05, 0.1) is 5.92 Å². The van der Waals surface area contributed by atoms with Gasteiger partial charge in [0.2, 0.25) is 5.91 Å². The minimum Gasteiger partial charge on any atom is -0.481 e. The van der Waals surface area contributed by atoms with Gasteiger partial charge in [0.1, 0.15) is 0 Å². The Kier molecular flexibility index (Phi) is 5.34. The quantitative estimate of drug-likeness (QED) is 0.692. The normalized spacial score (nSPS) is 22.4. The average Bonchev–Trinajstić information content (AvgIpc) is 2.69. The molecular weight excluding hydrogens is 232 g/mol. The molecule has 0 saturated carbocycles. The smallest absolute Gasteiger partial charge is 0.303 e. The van der Waals surface area contributed by atoms with Crippen LogP contribution < -0.4 is 5.73 Å². The fourth-order valence-electron chi connectivity index (χ4n) is 2.15. The van der Waals surface area contributed by atoms with E-state index in [0.29, 0.717) is 19.4 Å². The topological polar surface area (TPSA) is 83.6 Å². The maximum atomic E-state index is 12.3. The van der Waals surface area contributed by atoms with Gasteiger partial charge >= 0.3 is 5.97 Å². The van der Waals surface area contributed by atoms with Crippen LogP contribution >= 0.6 is 0 Å². The van der Waals surface area contributed by atoms with Crippen molar-refractivity contribution in [2.75, 3.05) is 6.54 Å². The van der Waals surface area contributed by atoms with Crippen molar-refractivity contribution in [2.24, 2.45) is 11.7 Å². The highest BCUT2D eigenvalue weighted by Gasteiger charge is 2.28. The monoisotopic (exact) mass is 254 g/mol. The molecule has 1 aliphatic rings. The summed E-state index contributed by atoms with van der Waals surface area (Å²) in [6.07, 6.45) is 4.96. The lowest BCUT2D eigenvalue weighted by Gasteiger charge is -2.29. The lowest BCUT2D eigenvalue weighted by Crippen LogP contribution is -2.41. The third-order valence-electron chi connectivity index (χ3n) is 3.13. The summed E-state index contributed by atoms with van der Waals surface area (Å²) in [4.78, 5) is 24.5. The molecule has 0 aliphatic heterocycles. The van der Waals surface area contributed by atoms with Crippen LogP contribution in [0.5, 0.6) is 0 Å². The molecule has 2 atom stereocenters. The second kappa shape index (κ2) is 6.54. The summed E-state index contributed by atoms with van der Waals surface area (Å²) in [7, 11) is 0. The molecule has 5 heteroatoms. The van der Waals surface area contributed by atoms with E-state index in [4.69, 9.17) is 10.8 Å². The van der Waals surface area contributed by atoms with Gasteiger partial charge in [-0.2, -0.15) is 0 Å². The summed E-state index contributed by atoms with van der Waals surface area (Å²) < 4.78 is 0. The second-order valence-corrected chi connectivity index (χ2v) is 5.01. The zero-order valence-corrected chi connectivity index (χ0v) is 11.0. The highest BCUT2D eigenvalue weighted by molar-refractivity contribution is 5.81. The predicted octanol–water partition coefficient (Wildman–Crippen LogP) is 0.992. The summed E-state index contributed by atoms with van der Waals surface area (Å²) in [6, 6.07) is 0.0449. The molecular formula is C13H22N2O3. The van der Waals surface area contributed by atoms with E-state index in [1.54, 1.807) is 4.90 Å². The average molecular weight is 254 g/mol. The van der Waals surface area contributed by atoms with Gasteiger partial charge in [-0.3, -0.25) is 9.59 Å². The van der Waals surface area contributed by atoms with Gasteiger partial charge in [0, 0.05) is 25.0 Å². The SMILES string of the molecule is CC(C)N(CCCC(=O)O)C(=O)C1C=CC(N)C1. The molecule has 0 saturated heterocycles. The van der Waals surface area contributed by atoms with Gasteiger partial charge in [-0.1, -0.05) is 12.2 Å². The van der Waals surface area contributed by atoms with E-state index >= 15 is 0 Å². The van der Waals surface area contributed by atoms with Gasteiger partial charge < -0.3 is 15.7 Å². The number of aliphatic carboxylic acids is 1. The molecule has 0 radical (unpaired) electrons. The first-order chi connectivity index (χ1) is 8.41. The summed E-state index contributed by atoms with van der Waals surface area (Å²) >= 11 is 0. The summed E-state index contributed by atoms with van der Waals surface area (Å²) in [5, 5.41) is 8.62. The zero-order chi connectivity index (χ0) is 13.7. The Bertz CT molecular complexity index is 339. The van der Waals surface area contributed by atoms with E-state index in [1.165, 1.54) is 0 Å². The van der Waals surface area contributed by atoms with Crippen LogP contribution in [0, 0.1) is 5.92 Å². The highest BCUT2D eigenvalue weighted by atomic mass is 16.4. The zero-order valence-electron chi connectivity index (χ0n) is 11.0. The van der Waals surface area contributed by atoms with Crippen LogP contribution in [0.4, 0.5) is 0 Å². The van der Waals surface area contributed by atoms with Gasteiger partial charge in [-0.15, -0.1) is 0 Å². The number of carbonyl (C=O) groups excluding carboxylic acids is 1. The van der Waals surface area contributed by atoms with E-state index in [0.717, 1.165) is 0 Å². The highest BCUT2D eigenvalue weighted by Crippen LogP contribution is 2.20. The number of carboxylic acids is 1. The molecule has 0 spiro atoms. The van der Waals surface area contributed by atoms with Gasteiger partial charge in [-0.05, 0) is 26.7 Å². The van der Waals surface area contributed by atoms with Crippen LogP contribution in [0.2, 0.25) is 0 Å². The van der Waals surface area contributed by atoms with E-state index in [9.17, 15) is 9.59 Å². The van der Waals surface area contributed by atoms with Crippen molar-refractivity contribution in [3.05, 3.63) is 12.2 Å². The Morgan fingerprint density at radius 1 is 1.44 bits per heavy atom. The van der Waals surface area contributed by atoms with E-state index in [2.05, 4.69) is 0 Å². The number of amides is 1. The molecule has 0 bridgehead atoms. The minimum atomic E-state index is -0.825. The van der Waals surface area contributed by atoms with Crippen LogP contribution in [-0.2, 0) is 9.59 Å². The third kappa shape index (κ3) is 4.14. The molecule has 5 nitrogen and oxygen atoms in total. The summed E-state index contributed by atoms with van der Waals surface area (Å²) in [6.45, 7) is 4.37. The van der Waals surface area contributed by atoms with Crippen molar-refractivity contribution in [3.63, 3.8) is 0 Å². The predicted molar refractivity (Wildman–Crippen MR) is 68.9 cm³/mol. The van der Waals surface area contributed by atoms with Crippen molar-refractivity contribution in [1.82, 2.24) is 4.90 Å². The Hall–Kier alpha value is -1.36. The molecule has 3 N–H and O–H groups in total. The second-order valence-electron chi connectivity index (χ2n) is 5.01. The minimum absolute atomic E-state index is 0.0352. The molecule has 0 heterocycles. The molecule has 1 amide bonds. The fourth-order valence-corrected chi connectivity index (χ4v) is 2.15. The number of carboxylic acid groups (broad SMARTS) is 1. The lowest BCUT2D eigenvalue weighted by molar-refractivity contribution is -0.139. The molecule has 0 aromatic rings. The standard InChI is InChI=1S/C13H22N2O3/c1-9(2)15(7-3-4-12(16)17)13(18)10-5-6-11(14)8-10/h5-6,9-11H,3-4,7-8,14H2,1-2H3,(H,16,17). The number of rotatable bonds is 6. The number of nitrogens with two attached hydrogens (primary N) is 1. The van der Waals surface area contributed by atoms with Crippen molar-refractivity contribution in [1.29, 1.82) is 0 Å². The molecule has 2 unspecified atom stereocenters. The Balaban J connectivity index is 2.53. The van der Waals surface area contributed by atoms with E-state index < -0.39 is 5.97 Å². The largest absolute Gasteiger partial charge is 0.481 e. The molecule has 0 fully saturated rings. The van der Waals surface area contributed by atoms with Crippen LogP contribution in [0.3, 0.4) is 0 Å². The first kappa shape index (κ1) is 14.7. The lowest BCUT2D eigenvalue weighted by atomic mass is 10.0. The molecule has 1 rings (SSSR count). The van der Waals surface area contributed by atoms with Crippen molar-refractivity contribution in [3.8, 4) is 0 Å². The van der Waals surface area contributed by atoms with Gasteiger partial charge in [0.15, 0.2) is 0 Å². The van der Waals surface area contributed by atoms with Crippen LogP contribution in [-0.4, -0.2) is 40.5 Å². The number of carbonyl (C=O) groups is 2. The number of nitrogens with zero attached hydrogens (tertiary/aromatic N) is 1. The van der Waals surface area contributed by atoms with E-state index in [1.807, 2.05) is 26.0 Å². The van der Waals surface area contributed by atoms with Crippen molar-refractivity contribution >= 4 is 11.9 Å². The van der Waals surface area contributed by atoms with E-state index in [-0.39, 0.29) is 30.3 Å². The summed E-state index contributed by atoms with van der Waals surface area (Å²) in [5.41, 5.74) is 5.74. The molecule has 18 heavy (non-hydrogen) atoms. The van der Waals surface area contributed by atoms with Gasteiger partial charge in [-0.25, -0.2) is 0 Å². The first-order valence-electron chi connectivity index (χ1n) is 6.38. The number of hydrogen-bond donors (Lipinski definition) is 2. The van der Waals surface area contributed by atoms with Crippen molar-refractivity contribution < 1.29 is 14.7 Å². The number of hydrogen-bond acceptors (Lipinski definition) is 3. The molecule has 0 aromatic carbocycles. The maximum absolute atomic E-state index is 12.3. The Morgan fingerprint density at radius 2 is 2.11 bits per heavy atom. The molecule has 0 aromatic heterocycles. The first-order valence-corrected chi connectivity index (χ1v) is 6.38. The molecule has 1 aliphatic carbocycles. The molecule has 102 valence electrons. The fraction of sp³-hybridized carbons (Fsp3) is 0.692. The maximum Gasteiger partial charge on any atom is 0.303 e. The van der Waals surface area contributed by atoms with Crippen molar-refractivity contribution in [2.45, 2.75) is 45.2 Å². The van der Waals surface area contributed by atoms with Crippen LogP contribution in [0.25, 0.3) is 0 Å². The van der Waals surface area contributed by atoms with Crippen LogP contribution in [0.1, 0.15) is 33.1 Å². The van der Waals surface area contributed by atoms with Gasteiger partial charge in [0.25, 0.3) is 0 Å². The third-order valence-corrected chi connectivity index (χ3v) is 3.13. The van der Waals surface area contributed by atoms with Crippen LogP contribution in [0.15, 0.2) is 12.2 Å². The summed E-state index contributed by atoms with van der Waals surface area (Å²) in [5.74, 6) is -0.916. The Morgan fingerprint density at radius 3 is 2.56 bits per heavy atom.